The van der Waals surface area contributed by atoms with Crippen molar-refractivity contribution in [3.63, 3.8) is 0 Å². The van der Waals surface area contributed by atoms with Gasteiger partial charge in [0.05, 0.1) is 0 Å². The van der Waals surface area contributed by atoms with Crippen molar-refractivity contribution >= 4 is 101 Å². The zero-order valence-electron chi connectivity index (χ0n) is 9.56. The second-order valence-electron chi connectivity index (χ2n) is 2.03. The van der Waals surface area contributed by atoms with Crippen LogP contribution in [0.25, 0.3) is 0 Å². The molecule has 2 aliphatic heterocycles. The van der Waals surface area contributed by atoms with Crippen LogP contribution in [0.5, 0.6) is 0 Å². The average Bonchev–Trinajstić information content (AvgIpc) is 2.30. The summed E-state index contributed by atoms with van der Waals surface area (Å²) in [7, 11) is -7.63. The van der Waals surface area contributed by atoms with Gasteiger partial charge in [-0.05, 0) is 0 Å². The van der Waals surface area contributed by atoms with E-state index in [2.05, 4.69) is 20.9 Å². The molecule has 0 unspecified atom stereocenters. The van der Waals surface area contributed by atoms with Crippen LogP contribution in [0.3, 0.4) is 0 Å². The Kier molecular flexibility index (Phi) is 19.3. The van der Waals surface area contributed by atoms with E-state index in [0.717, 1.165) is 0 Å². The summed E-state index contributed by atoms with van der Waals surface area (Å²) < 4.78 is 75.5. The zero-order valence-corrected chi connectivity index (χ0v) is 17.7. The average molecular weight is 399 g/mol. The third-order valence-corrected chi connectivity index (χ3v) is 10.4. The molecule has 0 spiro atoms. The van der Waals surface area contributed by atoms with Crippen LogP contribution in [0.15, 0.2) is 0 Å². The van der Waals surface area contributed by atoms with Gasteiger partial charge in [-0.15, -0.1) is 0 Å². The Hall–Kier alpha value is 0.968. The summed E-state index contributed by atoms with van der Waals surface area (Å²) in [6, 6.07) is 0. The van der Waals surface area contributed by atoms with Gasteiger partial charge in [0.25, 0.3) is 0 Å². The topological polar surface area (TPSA) is 204 Å². The second-order valence-corrected chi connectivity index (χ2v) is 10.3. The summed E-state index contributed by atoms with van der Waals surface area (Å²) >= 11 is -3.77. The summed E-state index contributed by atoms with van der Waals surface area (Å²) in [6.45, 7) is 0. The molecule has 0 aromatic rings. The molecule has 4 N–H and O–H groups in total. The monoisotopic (exact) mass is 398 g/mol. The molecule has 0 atom stereocenters. The third-order valence-electron chi connectivity index (χ3n) is 1.15. The predicted octanol–water partition coefficient (Wildman–Crippen LogP) is -5.32. The normalized spacial score (nSPS) is 13.0. The number of hydrogen-bond donors (Lipinski definition) is 0. The van der Waals surface area contributed by atoms with E-state index in [9.17, 15) is 13.4 Å². The van der Waals surface area contributed by atoms with Crippen molar-refractivity contribution in [2.24, 2.45) is 0 Å². The van der Waals surface area contributed by atoms with Gasteiger partial charge in [0, 0.05) is 0 Å². The molecule has 0 amide bonds. The van der Waals surface area contributed by atoms with Crippen molar-refractivity contribution in [1.29, 1.82) is 0 Å². The molecule has 2 heterocycles. The maximum atomic E-state index is 11.0. The van der Waals surface area contributed by atoms with Crippen molar-refractivity contribution in [3.8, 4) is 0 Å². The van der Waals surface area contributed by atoms with Gasteiger partial charge in [0.2, 0.25) is 0 Å². The van der Waals surface area contributed by atoms with Crippen molar-refractivity contribution in [2.45, 2.75) is 0 Å². The fourth-order valence-electron chi connectivity index (χ4n) is 0.613. The van der Waals surface area contributed by atoms with Crippen LogP contribution in [0, 0.1) is 0 Å². The summed E-state index contributed by atoms with van der Waals surface area (Å²) in [5.74, 6) is 0. The van der Waals surface area contributed by atoms with Crippen LogP contribution in [-0.4, -0.2) is 112 Å². The van der Waals surface area contributed by atoms with Gasteiger partial charge < -0.3 is 31.8 Å². The summed E-state index contributed by atoms with van der Waals surface area (Å²) in [6.07, 6.45) is 0. The quantitative estimate of drug-likeness (QED) is 0.408. The van der Waals surface area contributed by atoms with Crippen molar-refractivity contribution < 1.29 is 51.6 Å². The molecule has 0 saturated carbocycles. The molecule has 2 saturated heterocycles. The van der Waals surface area contributed by atoms with Crippen LogP contribution in [0.4, 0.5) is 0 Å². The molecular weight excluding hydrogens is 395 g/mol. The van der Waals surface area contributed by atoms with Crippen LogP contribution < -0.4 is 0 Å². The summed E-state index contributed by atoms with van der Waals surface area (Å²) in [5, 5.41) is 0. The van der Waals surface area contributed by atoms with Crippen LogP contribution in [-0.2, 0) is 40.6 Å². The maximum absolute atomic E-state index is 11.0. The Bertz CT molecular complexity index is 292. The molecule has 20 heavy (non-hydrogen) atoms. The van der Waals surface area contributed by atoms with Gasteiger partial charge in [-0.3, -0.25) is 13.4 Å². The first-order valence-electron chi connectivity index (χ1n) is 3.83. The van der Waals surface area contributed by atoms with Crippen LogP contribution in [0.2, 0.25) is 0 Å². The van der Waals surface area contributed by atoms with E-state index < -0.39 is 57.8 Å². The van der Waals surface area contributed by atoms with Crippen LogP contribution >= 0.6 is 0 Å². The Morgan fingerprint density at radius 1 is 0.800 bits per heavy atom. The van der Waals surface area contributed by atoms with E-state index in [0.29, 0.717) is 43.4 Å². The fraction of sp³-hybridized carbons (Fsp3) is 0. The van der Waals surface area contributed by atoms with E-state index in [1.54, 1.807) is 0 Å². The van der Waals surface area contributed by atoms with Gasteiger partial charge in [-0.1, -0.05) is 0 Å². The molecule has 0 aromatic heterocycles. The number of hydrogen-bond acceptors (Lipinski definition) is 11. The molecule has 0 bridgehead atoms. The van der Waals surface area contributed by atoms with E-state index in [-0.39, 0.29) is 11.0 Å². The fourth-order valence-corrected chi connectivity index (χ4v) is 7.75. The summed E-state index contributed by atoms with van der Waals surface area (Å²) in [4.78, 5) is 0. The first-order valence-corrected chi connectivity index (χ1v) is 11.5. The third kappa shape index (κ3) is 9.82. The molecule has 0 radical (unpaired) electrons. The molecule has 20 heteroatoms. The van der Waals surface area contributed by atoms with Crippen molar-refractivity contribution in [3.05, 3.63) is 0 Å². The number of rotatable bonds is 4. The van der Waals surface area contributed by atoms with E-state index in [1.165, 1.54) is 0 Å². The standard InChI is InChI=1S/2Al.2Mg.3O3Si.2H2O.2O/c;;;;3*1-4(2)3;;;;/h;;;;;;;2*1H2;;/q2*+3;;;3*-2;;;;. The molecular formula is H4Al2Mg2O13Si3. The molecule has 104 valence electrons. The Morgan fingerprint density at radius 3 is 1.25 bits per heavy atom. The summed E-state index contributed by atoms with van der Waals surface area (Å²) in [5.41, 5.74) is 0. The first-order chi connectivity index (χ1) is 8.63. The molecule has 0 aliphatic carbocycles. The van der Waals surface area contributed by atoms with E-state index in [1.807, 2.05) is 0 Å². The Balaban J connectivity index is -0.000000444. The molecule has 2 rings (SSSR count). The second kappa shape index (κ2) is 14.9. The predicted molar refractivity (Wildman–Crippen MR) is 57.4 cm³/mol. The molecule has 2 aliphatic rings. The van der Waals surface area contributed by atoms with E-state index >= 15 is 0 Å². The minimum atomic E-state index is -2.83. The Morgan fingerprint density at radius 2 is 1.05 bits per heavy atom. The van der Waals surface area contributed by atoms with Crippen LogP contribution in [0.1, 0.15) is 0 Å². The van der Waals surface area contributed by atoms with Crippen molar-refractivity contribution in [2.75, 3.05) is 0 Å². The molecule has 2 fully saturated rings. The Labute approximate surface area is 151 Å². The molecule has 0 aromatic carbocycles. The van der Waals surface area contributed by atoms with Gasteiger partial charge in [-0.2, -0.15) is 0 Å². The van der Waals surface area contributed by atoms with Gasteiger partial charge >= 0.3 is 108 Å². The van der Waals surface area contributed by atoms with Gasteiger partial charge in [0.1, 0.15) is 0 Å². The van der Waals surface area contributed by atoms with Gasteiger partial charge in [0.15, 0.2) is 0 Å². The van der Waals surface area contributed by atoms with E-state index in [4.69, 9.17) is 6.35 Å². The van der Waals surface area contributed by atoms with Crippen molar-refractivity contribution in [1.82, 2.24) is 0 Å². The van der Waals surface area contributed by atoms with Gasteiger partial charge in [-0.25, -0.2) is 0 Å². The SMILES string of the molecule is O.O.O=[Si]1[O][Al]([O][Si](=O)[O][Al]2[O][Si](=O)[O]2)[O]1.[O]=[Mg].[O]=[Mg]. The molecule has 13 nitrogen and oxygen atoms in total. The zero-order chi connectivity index (χ0) is 14.1. The minimum absolute atomic E-state index is 0. The first kappa shape index (κ1) is 25.9.